The van der Waals surface area contributed by atoms with Crippen molar-refractivity contribution in [1.82, 2.24) is 0 Å². The first-order chi connectivity index (χ1) is 3.13. The summed E-state index contributed by atoms with van der Waals surface area (Å²) in [5.74, 6) is -0.125. The predicted molar refractivity (Wildman–Crippen MR) is 26.0 cm³/mol. The van der Waals surface area contributed by atoms with Gasteiger partial charge in [-0.3, -0.25) is 9.59 Å². The van der Waals surface area contributed by atoms with Gasteiger partial charge in [0.15, 0.2) is 0 Å². The average Bonchev–Trinajstić information content (AvgIpc) is 1.27. The van der Waals surface area contributed by atoms with Crippen molar-refractivity contribution in [2.24, 2.45) is 0 Å². The molecular formula is C5H8O2V+3. The second-order valence-electron chi connectivity index (χ2n) is 1.58. The molecule has 0 aromatic carbocycles. The molecule has 0 atom stereocenters. The second-order valence-corrected chi connectivity index (χ2v) is 1.58. The van der Waals surface area contributed by atoms with Crippen molar-refractivity contribution in [1.29, 1.82) is 0 Å². The first-order valence-corrected chi connectivity index (χ1v) is 2.12. The van der Waals surface area contributed by atoms with E-state index in [1.54, 1.807) is 0 Å². The van der Waals surface area contributed by atoms with Gasteiger partial charge in [-0.15, -0.1) is 0 Å². The average molecular weight is 151 g/mol. The number of Topliss-reactive ketones (excluding diaryl/α,β-unsaturated/α-hetero) is 2. The zero-order valence-electron chi connectivity index (χ0n) is 4.97. The van der Waals surface area contributed by atoms with E-state index in [1.165, 1.54) is 13.8 Å². The molecule has 3 heteroatoms. The Hall–Kier alpha value is -0.0756. The van der Waals surface area contributed by atoms with Crippen LogP contribution in [0.15, 0.2) is 0 Å². The molecule has 0 aliphatic carbocycles. The van der Waals surface area contributed by atoms with Crippen LogP contribution in [-0.2, 0) is 28.1 Å². The summed E-state index contributed by atoms with van der Waals surface area (Å²) in [6.45, 7) is 2.81. The summed E-state index contributed by atoms with van der Waals surface area (Å²) in [5, 5.41) is 0. The van der Waals surface area contributed by atoms with E-state index < -0.39 is 0 Å². The van der Waals surface area contributed by atoms with Gasteiger partial charge in [-0.05, 0) is 13.8 Å². The van der Waals surface area contributed by atoms with Crippen LogP contribution in [0.2, 0.25) is 0 Å². The van der Waals surface area contributed by atoms with Crippen LogP contribution in [0, 0.1) is 0 Å². The second kappa shape index (κ2) is 5.07. The summed E-state index contributed by atoms with van der Waals surface area (Å²) in [7, 11) is 0. The van der Waals surface area contributed by atoms with Gasteiger partial charge in [0.25, 0.3) is 0 Å². The minimum atomic E-state index is -0.0625. The van der Waals surface area contributed by atoms with E-state index in [1.807, 2.05) is 0 Å². The number of hydrogen-bond acceptors (Lipinski definition) is 2. The van der Waals surface area contributed by atoms with Crippen LogP contribution in [0.4, 0.5) is 0 Å². The fourth-order valence-corrected chi connectivity index (χ4v) is 0.351. The van der Waals surface area contributed by atoms with Gasteiger partial charge in [0, 0.05) is 0 Å². The molecule has 0 bridgehead atoms. The van der Waals surface area contributed by atoms with Gasteiger partial charge in [0.2, 0.25) is 0 Å². The standard InChI is InChI=1S/C5H8O2.V/c1-4(6)3-5(2)7;/h3H2,1-2H3;/q;+3. The zero-order chi connectivity index (χ0) is 5.86. The van der Waals surface area contributed by atoms with Crippen molar-refractivity contribution in [3.63, 3.8) is 0 Å². The normalized spacial score (nSPS) is 7.25. The summed E-state index contributed by atoms with van der Waals surface area (Å²) < 4.78 is 0. The third-order valence-corrected chi connectivity index (χ3v) is 0.498. The maximum Gasteiger partial charge on any atom is 3.00 e. The van der Waals surface area contributed by atoms with Gasteiger partial charge >= 0.3 is 18.6 Å². The van der Waals surface area contributed by atoms with E-state index in [2.05, 4.69) is 0 Å². The molecule has 8 heavy (non-hydrogen) atoms. The van der Waals surface area contributed by atoms with Gasteiger partial charge in [-0.25, -0.2) is 0 Å². The monoisotopic (exact) mass is 151 g/mol. The number of ketones is 2. The van der Waals surface area contributed by atoms with Crippen molar-refractivity contribution >= 4 is 11.6 Å². The molecule has 0 radical (unpaired) electrons. The molecule has 0 aliphatic rings. The first-order valence-electron chi connectivity index (χ1n) is 2.12. The quantitative estimate of drug-likeness (QED) is 0.540. The SMILES string of the molecule is CC(=O)CC(C)=O.[V+3]. The summed E-state index contributed by atoms with van der Waals surface area (Å²) in [6.07, 6.45) is 0.0833. The minimum Gasteiger partial charge on any atom is -0.300 e. The van der Waals surface area contributed by atoms with Crippen LogP contribution in [-0.4, -0.2) is 11.6 Å². The Morgan fingerprint density at radius 1 is 1.12 bits per heavy atom. The molecule has 0 spiro atoms. The van der Waals surface area contributed by atoms with E-state index >= 15 is 0 Å². The van der Waals surface area contributed by atoms with Gasteiger partial charge in [-0.2, -0.15) is 0 Å². The summed E-state index contributed by atoms with van der Waals surface area (Å²) in [5.41, 5.74) is 0. The summed E-state index contributed by atoms with van der Waals surface area (Å²) in [4.78, 5) is 20.1. The van der Waals surface area contributed by atoms with Crippen LogP contribution < -0.4 is 0 Å². The molecule has 0 aromatic rings. The number of hydrogen-bond donors (Lipinski definition) is 0. The fraction of sp³-hybridized carbons (Fsp3) is 0.600. The van der Waals surface area contributed by atoms with Crippen LogP contribution in [0.5, 0.6) is 0 Å². The van der Waals surface area contributed by atoms with E-state index in [-0.39, 0.29) is 36.5 Å². The Bertz CT molecular complexity index is 86.6. The Morgan fingerprint density at radius 2 is 1.38 bits per heavy atom. The van der Waals surface area contributed by atoms with Crippen LogP contribution in [0.3, 0.4) is 0 Å². The van der Waals surface area contributed by atoms with Crippen LogP contribution >= 0.6 is 0 Å². The van der Waals surface area contributed by atoms with Crippen LogP contribution in [0.1, 0.15) is 20.3 Å². The fourth-order valence-electron chi connectivity index (χ4n) is 0.351. The van der Waals surface area contributed by atoms with E-state index in [0.717, 1.165) is 0 Å². The Labute approximate surface area is 60.5 Å². The molecule has 0 saturated carbocycles. The Morgan fingerprint density at radius 3 is 1.38 bits per heavy atom. The molecule has 0 heterocycles. The first kappa shape index (κ1) is 10.8. The van der Waals surface area contributed by atoms with Crippen LogP contribution in [0.25, 0.3) is 0 Å². The van der Waals surface area contributed by atoms with Gasteiger partial charge in [0.1, 0.15) is 11.6 Å². The van der Waals surface area contributed by atoms with E-state index in [0.29, 0.717) is 0 Å². The molecule has 0 aliphatic heterocycles. The van der Waals surface area contributed by atoms with Crippen molar-refractivity contribution in [2.45, 2.75) is 20.3 Å². The minimum absolute atomic E-state index is 0. The molecule has 0 fully saturated rings. The molecule has 0 rings (SSSR count). The third-order valence-electron chi connectivity index (χ3n) is 0.498. The number of carbonyl (C=O) groups is 2. The third kappa shape index (κ3) is 9.33. The molecule has 0 saturated heterocycles. The van der Waals surface area contributed by atoms with Gasteiger partial charge in [0.05, 0.1) is 6.42 Å². The van der Waals surface area contributed by atoms with Gasteiger partial charge in [-0.1, -0.05) is 0 Å². The maximum absolute atomic E-state index is 10.0. The Balaban J connectivity index is 0. The van der Waals surface area contributed by atoms with Crippen molar-refractivity contribution in [3.8, 4) is 0 Å². The summed E-state index contributed by atoms with van der Waals surface area (Å²) in [6, 6.07) is 0. The summed E-state index contributed by atoms with van der Waals surface area (Å²) >= 11 is 0. The van der Waals surface area contributed by atoms with Crippen molar-refractivity contribution < 1.29 is 28.1 Å². The molecule has 0 amide bonds. The number of rotatable bonds is 2. The molecular weight excluding hydrogens is 143 g/mol. The maximum atomic E-state index is 10.0. The molecule has 0 unspecified atom stereocenters. The zero-order valence-corrected chi connectivity index (χ0v) is 6.37. The van der Waals surface area contributed by atoms with Crippen molar-refractivity contribution in [3.05, 3.63) is 0 Å². The predicted octanol–water partition coefficient (Wildman–Crippen LogP) is 0.552. The molecule has 2 nitrogen and oxygen atoms in total. The van der Waals surface area contributed by atoms with Gasteiger partial charge < -0.3 is 0 Å². The topological polar surface area (TPSA) is 34.1 Å². The molecule has 0 N–H and O–H groups in total. The van der Waals surface area contributed by atoms with E-state index in [9.17, 15) is 9.59 Å². The molecule has 0 aromatic heterocycles. The Kier molecular flexibility index (Phi) is 6.86. The smallest absolute Gasteiger partial charge is 0.300 e. The van der Waals surface area contributed by atoms with E-state index in [4.69, 9.17) is 0 Å². The number of carbonyl (C=O) groups excluding carboxylic acids is 2. The largest absolute Gasteiger partial charge is 3.00 e. The van der Waals surface area contributed by atoms with Crippen molar-refractivity contribution in [2.75, 3.05) is 0 Å². The molecule has 42 valence electrons.